The lowest BCUT2D eigenvalue weighted by Gasteiger charge is -2.33. The Morgan fingerprint density at radius 3 is 2.64 bits per heavy atom. The largest absolute Gasteiger partial charge is 0.522 e. The molecule has 1 N–H and O–H groups in total. The van der Waals surface area contributed by atoms with Gasteiger partial charge in [0.1, 0.15) is 11.6 Å². The minimum absolute atomic E-state index is 0.0594. The van der Waals surface area contributed by atoms with Crippen LogP contribution in [-0.4, -0.2) is 75.2 Å². The van der Waals surface area contributed by atoms with Gasteiger partial charge in [-0.1, -0.05) is 17.7 Å². The van der Waals surface area contributed by atoms with Gasteiger partial charge in [0.25, 0.3) is 5.91 Å². The number of aromatic nitrogens is 3. The molecule has 0 spiro atoms. The van der Waals surface area contributed by atoms with Crippen LogP contribution in [0.15, 0.2) is 34.9 Å². The number of nitrogens with one attached hydrogen (secondary N) is 1. The molecule has 4 rings (SSSR count). The Labute approximate surface area is 262 Å². The van der Waals surface area contributed by atoms with Crippen LogP contribution in [0.3, 0.4) is 0 Å². The number of hydrogen-bond acceptors (Lipinski definition) is 9. The number of benzene rings is 1. The second-order valence-corrected chi connectivity index (χ2v) is 12.9. The quantitative estimate of drug-likeness (QED) is 0.207. The Kier molecular flexibility index (Phi) is 11.0. The molecule has 0 bridgehead atoms. The Bertz CT molecular complexity index is 1440. The third kappa shape index (κ3) is 9.45. The molecule has 240 valence electrons. The van der Waals surface area contributed by atoms with E-state index in [4.69, 9.17) is 20.8 Å². The maximum absolute atomic E-state index is 13.5. The zero-order chi connectivity index (χ0) is 32.1. The van der Waals surface area contributed by atoms with Crippen LogP contribution in [0.5, 0.6) is 0 Å². The lowest BCUT2D eigenvalue weighted by Crippen LogP contribution is -2.43. The number of pyridine rings is 1. The van der Waals surface area contributed by atoms with E-state index in [0.717, 1.165) is 11.1 Å². The molecule has 3 aromatic rings. The van der Waals surface area contributed by atoms with Gasteiger partial charge >= 0.3 is 12.5 Å². The summed E-state index contributed by atoms with van der Waals surface area (Å²) in [6.45, 7) is 5.37. The van der Waals surface area contributed by atoms with Gasteiger partial charge in [-0.2, -0.15) is 11.8 Å². The van der Waals surface area contributed by atoms with Crippen LogP contribution in [0.4, 0.5) is 18.0 Å². The molecule has 1 fully saturated rings. The van der Waals surface area contributed by atoms with Crippen LogP contribution in [-0.2, 0) is 9.47 Å². The normalized spacial score (nSPS) is 17.6. The summed E-state index contributed by atoms with van der Waals surface area (Å²) < 4.78 is 53.4. The number of ether oxygens (including phenoxy) is 2. The molecule has 1 aromatic carbocycles. The number of hydrogen-bond donors (Lipinski definition) is 1. The monoisotopic (exact) mass is 657 g/mol. The topological polar surface area (TPSA) is 120 Å². The molecule has 44 heavy (non-hydrogen) atoms. The molecule has 15 heteroatoms. The molecule has 1 aliphatic rings. The number of rotatable bonds is 12. The maximum atomic E-state index is 13.5. The van der Waals surface area contributed by atoms with Crippen molar-refractivity contribution in [2.75, 3.05) is 25.1 Å². The van der Waals surface area contributed by atoms with E-state index >= 15 is 0 Å². The van der Waals surface area contributed by atoms with Crippen molar-refractivity contribution in [3.8, 4) is 0 Å². The van der Waals surface area contributed by atoms with Gasteiger partial charge in [0.15, 0.2) is 0 Å². The number of alkyl halides is 3. The van der Waals surface area contributed by atoms with Crippen LogP contribution in [0.1, 0.15) is 80.6 Å². The highest BCUT2D eigenvalue weighted by atomic mass is 35.5. The van der Waals surface area contributed by atoms with E-state index < -0.39 is 30.2 Å². The van der Waals surface area contributed by atoms with Gasteiger partial charge in [0.05, 0.1) is 17.2 Å². The molecule has 0 saturated heterocycles. The highest BCUT2D eigenvalue weighted by molar-refractivity contribution is 7.98. The Hall–Kier alpha value is -3.10. The van der Waals surface area contributed by atoms with Crippen molar-refractivity contribution in [2.45, 2.75) is 76.5 Å². The maximum Gasteiger partial charge on any atom is 0.522 e. The standard InChI is InChI=1S/C29H35ClF3N5O5S/c1-28(2,3)43-27(40)38(10-9-34-24(39)19-12-17-7-8-20(30)15-22(17)35-16-19)23(6-5-11-44-4)26-37-36-25(41-26)18-13-21(14-18)42-29(31,32)33/h7-8,12,15-16,18,21,23H,5-6,9-11,13-14H2,1-4H3,(H,34,39)/t18-,21+,23-/m1/s1. The molecule has 0 radical (unpaired) electrons. The first-order chi connectivity index (χ1) is 20.7. The Morgan fingerprint density at radius 1 is 1.20 bits per heavy atom. The van der Waals surface area contributed by atoms with Gasteiger partial charge in [0.2, 0.25) is 11.8 Å². The first-order valence-electron chi connectivity index (χ1n) is 14.1. The third-order valence-electron chi connectivity index (χ3n) is 6.86. The van der Waals surface area contributed by atoms with Crippen LogP contribution < -0.4 is 5.32 Å². The van der Waals surface area contributed by atoms with E-state index in [0.29, 0.717) is 28.9 Å². The van der Waals surface area contributed by atoms with Crippen LogP contribution in [0.2, 0.25) is 5.02 Å². The van der Waals surface area contributed by atoms with Crippen LogP contribution >= 0.6 is 23.4 Å². The molecule has 0 unspecified atom stereocenters. The molecule has 0 aliphatic heterocycles. The third-order valence-corrected chi connectivity index (χ3v) is 7.79. The number of carbonyl (C=O) groups is 2. The van der Waals surface area contributed by atoms with E-state index in [1.807, 2.05) is 6.26 Å². The van der Waals surface area contributed by atoms with Gasteiger partial charge < -0.3 is 14.5 Å². The van der Waals surface area contributed by atoms with Gasteiger partial charge in [-0.25, -0.2) is 4.79 Å². The highest BCUT2D eigenvalue weighted by Crippen LogP contribution is 2.41. The van der Waals surface area contributed by atoms with E-state index in [-0.39, 0.29) is 49.5 Å². The lowest BCUT2D eigenvalue weighted by molar-refractivity contribution is -0.352. The van der Waals surface area contributed by atoms with Crippen molar-refractivity contribution < 1.29 is 36.7 Å². The number of amides is 2. The summed E-state index contributed by atoms with van der Waals surface area (Å²) in [5, 5.41) is 12.4. The minimum atomic E-state index is -4.71. The number of nitrogens with zero attached hydrogens (tertiary/aromatic N) is 4. The van der Waals surface area contributed by atoms with Crippen LogP contribution in [0, 0.1) is 0 Å². The molecule has 10 nitrogen and oxygen atoms in total. The molecule has 2 amide bonds. The zero-order valence-corrected chi connectivity index (χ0v) is 26.4. The van der Waals surface area contributed by atoms with Crippen molar-refractivity contribution in [3.05, 3.63) is 52.8 Å². The Morgan fingerprint density at radius 2 is 1.95 bits per heavy atom. The molecular weight excluding hydrogens is 623 g/mol. The summed E-state index contributed by atoms with van der Waals surface area (Å²) in [6, 6.07) is 6.21. The van der Waals surface area contributed by atoms with E-state index in [1.54, 1.807) is 56.8 Å². The van der Waals surface area contributed by atoms with E-state index in [9.17, 15) is 22.8 Å². The summed E-state index contributed by atoms with van der Waals surface area (Å²) in [5.41, 5.74) is 0.194. The fourth-order valence-corrected chi connectivity index (χ4v) is 5.36. The molecule has 1 saturated carbocycles. The predicted molar refractivity (Wildman–Crippen MR) is 160 cm³/mol. The smallest absolute Gasteiger partial charge is 0.444 e. The number of thioether (sulfide) groups is 1. The average molecular weight is 658 g/mol. The second-order valence-electron chi connectivity index (χ2n) is 11.5. The predicted octanol–water partition coefficient (Wildman–Crippen LogP) is 6.91. The fraction of sp³-hybridized carbons (Fsp3) is 0.552. The van der Waals surface area contributed by atoms with Crippen molar-refractivity contribution >= 4 is 46.3 Å². The van der Waals surface area contributed by atoms with Gasteiger partial charge in [-0.15, -0.1) is 23.4 Å². The average Bonchev–Trinajstić information content (AvgIpc) is 3.39. The number of fused-ring (bicyclic) bond motifs is 1. The molecule has 2 aromatic heterocycles. The summed E-state index contributed by atoms with van der Waals surface area (Å²) in [7, 11) is 0. The van der Waals surface area contributed by atoms with Crippen molar-refractivity contribution in [1.29, 1.82) is 0 Å². The number of halogens is 4. The molecule has 1 aliphatic carbocycles. The van der Waals surface area contributed by atoms with Crippen molar-refractivity contribution in [1.82, 2.24) is 25.4 Å². The van der Waals surface area contributed by atoms with Crippen LogP contribution in [0.25, 0.3) is 10.9 Å². The second kappa shape index (κ2) is 14.3. The zero-order valence-electron chi connectivity index (χ0n) is 24.8. The van der Waals surface area contributed by atoms with Crippen molar-refractivity contribution in [2.24, 2.45) is 0 Å². The van der Waals surface area contributed by atoms with Gasteiger partial charge in [-0.05, 0) is 76.7 Å². The minimum Gasteiger partial charge on any atom is -0.444 e. The van der Waals surface area contributed by atoms with Gasteiger partial charge in [-0.3, -0.25) is 19.4 Å². The summed E-state index contributed by atoms with van der Waals surface area (Å²) in [4.78, 5) is 32.2. The first-order valence-corrected chi connectivity index (χ1v) is 15.9. The lowest BCUT2D eigenvalue weighted by atomic mass is 9.82. The number of carbonyl (C=O) groups excluding carboxylic acids is 2. The summed E-state index contributed by atoms with van der Waals surface area (Å²) in [5.74, 6) is 0.389. The first kappa shape index (κ1) is 33.8. The van der Waals surface area contributed by atoms with E-state index in [1.165, 1.54) is 11.1 Å². The van der Waals surface area contributed by atoms with E-state index in [2.05, 4.69) is 25.2 Å². The highest BCUT2D eigenvalue weighted by Gasteiger charge is 2.43. The molecular formula is C29H35ClF3N5O5S. The Balaban J connectivity index is 1.49. The molecule has 2 heterocycles. The fourth-order valence-electron chi connectivity index (χ4n) is 4.74. The summed E-state index contributed by atoms with van der Waals surface area (Å²) in [6.07, 6.45) is -1.54. The van der Waals surface area contributed by atoms with Crippen molar-refractivity contribution in [3.63, 3.8) is 0 Å². The SMILES string of the molecule is CSCCC[C@H](c1nnc([C@H]2C[C@@H](OC(F)(F)F)C2)o1)N(CCNC(=O)c1cnc2cc(Cl)ccc2c1)C(=O)OC(C)(C)C. The molecule has 1 atom stereocenters. The van der Waals surface area contributed by atoms with Gasteiger partial charge in [0, 0.05) is 35.6 Å². The summed E-state index contributed by atoms with van der Waals surface area (Å²) >= 11 is 7.67.